The predicted molar refractivity (Wildman–Crippen MR) is 103 cm³/mol. The van der Waals surface area contributed by atoms with E-state index in [0.717, 1.165) is 37.5 Å². The number of hydrogen-bond donors (Lipinski definition) is 0. The highest BCUT2D eigenvalue weighted by Crippen LogP contribution is 2.30. The molecule has 1 amide bonds. The highest BCUT2D eigenvalue weighted by molar-refractivity contribution is 7.86. The second kappa shape index (κ2) is 10.4. The van der Waals surface area contributed by atoms with E-state index in [4.69, 9.17) is 8.92 Å². The van der Waals surface area contributed by atoms with Crippen molar-refractivity contribution in [3.8, 4) is 11.5 Å². The molecule has 0 aliphatic carbocycles. The first kappa shape index (κ1) is 22.3. The van der Waals surface area contributed by atoms with E-state index in [0.29, 0.717) is 18.7 Å². The molecule has 1 aromatic carbocycles. The first-order valence-electron chi connectivity index (χ1n) is 9.07. The van der Waals surface area contributed by atoms with Crippen LogP contribution >= 0.6 is 0 Å². The van der Waals surface area contributed by atoms with E-state index in [1.807, 2.05) is 24.8 Å². The lowest BCUT2D eigenvalue weighted by Gasteiger charge is -2.29. The molecule has 1 rings (SSSR count). The topological polar surface area (TPSA) is 72.9 Å². The molecule has 0 spiro atoms. The number of amides is 1. The van der Waals surface area contributed by atoms with E-state index in [1.54, 1.807) is 12.1 Å². The van der Waals surface area contributed by atoms with Crippen LogP contribution in [-0.4, -0.2) is 38.6 Å². The van der Waals surface area contributed by atoms with Gasteiger partial charge in [0.15, 0.2) is 11.5 Å². The first-order chi connectivity index (χ1) is 12.2. The Morgan fingerprint density at radius 1 is 1.19 bits per heavy atom. The van der Waals surface area contributed by atoms with Gasteiger partial charge in [-0.25, -0.2) is 0 Å². The highest BCUT2D eigenvalue weighted by atomic mass is 32.2. The van der Waals surface area contributed by atoms with Crippen molar-refractivity contribution >= 4 is 16.0 Å². The van der Waals surface area contributed by atoms with E-state index in [1.165, 1.54) is 7.11 Å². The smallest absolute Gasteiger partial charge is 0.306 e. The molecule has 1 atom stereocenters. The van der Waals surface area contributed by atoms with Gasteiger partial charge >= 0.3 is 10.1 Å². The van der Waals surface area contributed by atoms with Crippen molar-refractivity contribution in [2.24, 2.45) is 0 Å². The summed E-state index contributed by atoms with van der Waals surface area (Å²) < 4.78 is 33.1. The molecule has 1 unspecified atom stereocenters. The summed E-state index contributed by atoms with van der Waals surface area (Å²) in [5.41, 5.74) is 0.800. The molecule has 26 heavy (non-hydrogen) atoms. The minimum atomic E-state index is -3.67. The van der Waals surface area contributed by atoms with Crippen molar-refractivity contribution in [3.63, 3.8) is 0 Å². The average Bonchev–Trinajstić information content (AvgIpc) is 2.58. The number of hydrogen-bond acceptors (Lipinski definition) is 5. The highest BCUT2D eigenvalue weighted by Gasteiger charge is 2.20. The Balaban J connectivity index is 3.02. The summed E-state index contributed by atoms with van der Waals surface area (Å²) in [7, 11) is -2.22. The summed E-state index contributed by atoms with van der Waals surface area (Å²) in [5.74, 6) is 0.591. The van der Waals surface area contributed by atoms with Crippen molar-refractivity contribution in [3.05, 3.63) is 23.8 Å². The minimum absolute atomic E-state index is 0.102. The fourth-order valence-electron chi connectivity index (χ4n) is 2.62. The van der Waals surface area contributed by atoms with E-state index >= 15 is 0 Å². The standard InChI is InChI=1S/C19H31NO5S/c1-6-8-9-10-19(21)20(15(3)7-2)14-16-11-12-17(24-4)18(13-16)25-26(5,22)23/h11-13,15H,6-10,14H2,1-5H3. The van der Waals surface area contributed by atoms with Gasteiger partial charge < -0.3 is 13.8 Å². The number of methoxy groups -OCH3 is 1. The lowest BCUT2D eigenvalue weighted by molar-refractivity contribution is -0.134. The molecule has 0 saturated carbocycles. The summed E-state index contributed by atoms with van der Waals surface area (Å²) in [6, 6.07) is 5.20. The molecule has 0 aliphatic heterocycles. The van der Waals surface area contributed by atoms with E-state index < -0.39 is 10.1 Å². The van der Waals surface area contributed by atoms with Gasteiger partial charge in [0.2, 0.25) is 5.91 Å². The molecule has 0 saturated heterocycles. The Hall–Kier alpha value is -1.76. The van der Waals surface area contributed by atoms with E-state index in [2.05, 4.69) is 6.92 Å². The normalized spacial score (nSPS) is 12.5. The lowest BCUT2D eigenvalue weighted by atomic mass is 10.1. The quantitative estimate of drug-likeness (QED) is 0.428. The fourth-order valence-corrected chi connectivity index (χ4v) is 3.08. The second-order valence-electron chi connectivity index (χ2n) is 6.51. The number of carbonyl (C=O) groups excluding carboxylic acids is 1. The molecule has 0 aliphatic rings. The summed E-state index contributed by atoms with van der Waals surface area (Å²) in [6.45, 7) is 6.58. The van der Waals surface area contributed by atoms with Crippen LogP contribution in [0.15, 0.2) is 18.2 Å². The Labute approximate surface area is 157 Å². The molecule has 6 nitrogen and oxygen atoms in total. The molecular weight excluding hydrogens is 354 g/mol. The zero-order chi connectivity index (χ0) is 19.7. The maximum atomic E-state index is 12.6. The van der Waals surface area contributed by atoms with Gasteiger partial charge in [0.05, 0.1) is 13.4 Å². The van der Waals surface area contributed by atoms with Crippen LogP contribution < -0.4 is 8.92 Å². The lowest BCUT2D eigenvalue weighted by Crippen LogP contribution is -2.37. The van der Waals surface area contributed by atoms with Crippen LogP contribution in [0.4, 0.5) is 0 Å². The van der Waals surface area contributed by atoms with Gasteiger partial charge in [-0.15, -0.1) is 0 Å². The van der Waals surface area contributed by atoms with Crippen LogP contribution in [0.1, 0.15) is 58.4 Å². The van der Waals surface area contributed by atoms with Gasteiger partial charge in [-0.2, -0.15) is 8.42 Å². The van der Waals surface area contributed by atoms with Gasteiger partial charge in [-0.1, -0.05) is 32.8 Å². The van der Waals surface area contributed by atoms with E-state index in [9.17, 15) is 13.2 Å². The van der Waals surface area contributed by atoms with Crippen LogP contribution in [0.25, 0.3) is 0 Å². The molecular formula is C19H31NO5S. The summed E-state index contributed by atoms with van der Waals surface area (Å²) in [4.78, 5) is 14.5. The Bertz CT molecular complexity index is 687. The van der Waals surface area contributed by atoms with Crippen LogP contribution in [0, 0.1) is 0 Å². The van der Waals surface area contributed by atoms with Crippen molar-refractivity contribution in [2.45, 2.75) is 65.5 Å². The molecule has 0 radical (unpaired) electrons. The van der Waals surface area contributed by atoms with Crippen molar-refractivity contribution in [1.82, 2.24) is 4.90 Å². The largest absolute Gasteiger partial charge is 0.493 e. The molecule has 148 valence electrons. The van der Waals surface area contributed by atoms with Crippen LogP contribution in [0.5, 0.6) is 11.5 Å². The van der Waals surface area contributed by atoms with Gasteiger partial charge in [0, 0.05) is 19.0 Å². The van der Waals surface area contributed by atoms with Crippen LogP contribution in [0.2, 0.25) is 0 Å². The third-order valence-corrected chi connectivity index (χ3v) is 4.74. The van der Waals surface area contributed by atoms with Crippen molar-refractivity contribution in [1.29, 1.82) is 0 Å². The molecule has 0 heterocycles. The molecule has 0 bridgehead atoms. The SMILES string of the molecule is CCCCCC(=O)N(Cc1ccc(OC)c(OS(C)(=O)=O)c1)C(C)CC. The predicted octanol–water partition coefficient (Wildman–Crippen LogP) is 3.74. The summed E-state index contributed by atoms with van der Waals surface area (Å²) >= 11 is 0. The average molecular weight is 386 g/mol. The fraction of sp³-hybridized carbons (Fsp3) is 0.632. The van der Waals surface area contributed by atoms with Gasteiger partial charge in [-0.3, -0.25) is 4.79 Å². The summed E-state index contributed by atoms with van der Waals surface area (Å²) in [6.07, 6.45) is 5.36. The molecule has 0 aromatic heterocycles. The number of nitrogens with zero attached hydrogens (tertiary/aromatic N) is 1. The minimum Gasteiger partial charge on any atom is -0.493 e. The molecule has 0 N–H and O–H groups in total. The number of ether oxygens (including phenoxy) is 1. The van der Waals surface area contributed by atoms with E-state index in [-0.39, 0.29) is 17.7 Å². The first-order valence-corrected chi connectivity index (χ1v) is 10.9. The zero-order valence-electron chi connectivity index (χ0n) is 16.4. The molecule has 0 fully saturated rings. The number of unbranched alkanes of at least 4 members (excludes halogenated alkanes) is 2. The van der Waals surface area contributed by atoms with Crippen LogP contribution in [-0.2, 0) is 21.5 Å². The second-order valence-corrected chi connectivity index (χ2v) is 8.08. The van der Waals surface area contributed by atoms with Crippen molar-refractivity contribution < 1.29 is 22.1 Å². The third kappa shape index (κ3) is 7.23. The number of rotatable bonds is 11. The Kier molecular flexibility index (Phi) is 8.92. The van der Waals surface area contributed by atoms with Crippen molar-refractivity contribution in [2.75, 3.05) is 13.4 Å². The molecule has 1 aromatic rings. The molecule has 7 heteroatoms. The van der Waals surface area contributed by atoms with Crippen LogP contribution in [0.3, 0.4) is 0 Å². The van der Waals surface area contributed by atoms with Gasteiger partial charge in [0.1, 0.15) is 0 Å². The zero-order valence-corrected chi connectivity index (χ0v) is 17.3. The van der Waals surface area contributed by atoms with Gasteiger partial charge in [-0.05, 0) is 37.5 Å². The third-order valence-electron chi connectivity index (χ3n) is 4.26. The maximum Gasteiger partial charge on any atom is 0.306 e. The maximum absolute atomic E-state index is 12.6. The number of benzene rings is 1. The Morgan fingerprint density at radius 2 is 1.88 bits per heavy atom. The van der Waals surface area contributed by atoms with Gasteiger partial charge in [0.25, 0.3) is 0 Å². The number of carbonyl (C=O) groups is 1. The summed E-state index contributed by atoms with van der Waals surface area (Å²) in [5, 5.41) is 0. The Morgan fingerprint density at radius 3 is 2.42 bits per heavy atom. The monoisotopic (exact) mass is 385 g/mol.